The first kappa shape index (κ1) is 9.97. The molecular formula is C12H16O. The van der Waals surface area contributed by atoms with Crippen molar-refractivity contribution < 1.29 is 4.79 Å². The standard InChI is InChI=1S/C12H16O/c1-2-12(13)10-6-9-11-7-4-3-5-8-11/h3-5,7-8H,2,6,9-10H2,1H3. The maximum atomic E-state index is 11.0. The maximum absolute atomic E-state index is 11.0. The van der Waals surface area contributed by atoms with Crippen LogP contribution >= 0.6 is 0 Å². The molecule has 0 saturated heterocycles. The van der Waals surface area contributed by atoms with E-state index in [4.69, 9.17) is 0 Å². The molecule has 13 heavy (non-hydrogen) atoms. The molecule has 1 heteroatoms. The van der Waals surface area contributed by atoms with Gasteiger partial charge in [0, 0.05) is 12.8 Å². The molecule has 0 radical (unpaired) electrons. The molecule has 1 rings (SSSR count). The van der Waals surface area contributed by atoms with Crippen molar-refractivity contribution in [2.24, 2.45) is 0 Å². The van der Waals surface area contributed by atoms with Crippen molar-refractivity contribution in [1.82, 2.24) is 0 Å². The highest BCUT2D eigenvalue weighted by molar-refractivity contribution is 5.77. The minimum Gasteiger partial charge on any atom is -0.300 e. The van der Waals surface area contributed by atoms with Crippen LogP contribution in [0.1, 0.15) is 31.7 Å². The lowest BCUT2D eigenvalue weighted by Crippen LogP contribution is -1.95. The van der Waals surface area contributed by atoms with Gasteiger partial charge in [-0.05, 0) is 18.4 Å². The lowest BCUT2D eigenvalue weighted by atomic mass is 10.1. The molecule has 0 heterocycles. The van der Waals surface area contributed by atoms with Crippen LogP contribution in [0, 0.1) is 0 Å². The van der Waals surface area contributed by atoms with E-state index in [1.807, 2.05) is 25.1 Å². The van der Waals surface area contributed by atoms with Gasteiger partial charge in [-0.3, -0.25) is 4.79 Å². The van der Waals surface area contributed by atoms with Crippen LogP contribution in [0.2, 0.25) is 0 Å². The molecule has 1 aromatic carbocycles. The van der Waals surface area contributed by atoms with Crippen LogP contribution in [0.15, 0.2) is 30.3 Å². The van der Waals surface area contributed by atoms with Gasteiger partial charge in [0.25, 0.3) is 0 Å². The monoisotopic (exact) mass is 176 g/mol. The van der Waals surface area contributed by atoms with E-state index in [9.17, 15) is 4.79 Å². The van der Waals surface area contributed by atoms with Crippen LogP contribution in [0.4, 0.5) is 0 Å². The van der Waals surface area contributed by atoms with Gasteiger partial charge in [0.05, 0.1) is 0 Å². The lowest BCUT2D eigenvalue weighted by Gasteiger charge is -1.99. The molecule has 0 amide bonds. The number of ketones is 1. The molecule has 0 aliphatic heterocycles. The fraction of sp³-hybridized carbons (Fsp3) is 0.417. The molecule has 0 saturated carbocycles. The van der Waals surface area contributed by atoms with Crippen molar-refractivity contribution in [2.45, 2.75) is 32.6 Å². The summed E-state index contributed by atoms with van der Waals surface area (Å²) in [6, 6.07) is 10.3. The van der Waals surface area contributed by atoms with Crippen molar-refractivity contribution in [2.75, 3.05) is 0 Å². The Hall–Kier alpha value is -1.11. The number of Topliss-reactive ketones (excluding diaryl/α,β-unsaturated/α-hetero) is 1. The maximum Gasteiger partial charge on any atom is 0.132 e. The molecular weight excluding hydrogens is 160 g/mol. The number of rotatable bonds is 5. The molecule has 0 fully saturated rings. The highest BCUT2D eigenvalue weighted by Crippen LogP contribution is 2.05. The summed E-state index contributed by atoms with van der Waals surface area (Å²) in [6.07, 6.45) is 3.41. The Morgan fingerprint density at radius 1 is 1.23 bits per heavy atom. The van der Waals surface area contributed by atoms with E-state index in [0.717, 1.165) is 19.3 Å². The van der Waals surface area contributed by atoms with Crippen LogP contribution in [-0.4, -0.2) is 5.78 Å². The van der Waals surface area contributed by atoms with Crippen LogP contribution in [0.3, 0.4) is 0 Å². The number of hydrogen-bond donors (Lipinski definition) is 0. The first-order valence-corrected chi connectivity index (χ1v) is 4.88. The zero-order chi connectivity index (χ0) is 9.52. The average molecular weight is 176 g/mol. The Morgan fingerprint density at radius 2 is 1.92 bits per heavy atom. The molecule has 0 aromatic heterocycles. The van der Waals surface area contributed by atoms with E-state index in [1.54, 1.807) is 0 Å². The number of benzene rings is 1. The van der Waals surface area contributed by atoms with Gasteiger partial charge < -0.3 is 0 Å². The van der Waals surface area contributed by atoms with Crippen LogP contribution in [0.25, 0.3) is 0 Å². The third-order valence-electron chi connectivity index (χ3n) is 2.16. The van der Waals surface area contributed by atoms with Crippen molar-refractivity contribution in [3.8, 4) is 0 Å². The first-order valence-electron chi connectivity index (χ1n) is 4.88. The van der Waals surface area contributed by atoms with Gasteiger partial charge in [0.2, 0.25) is 0 Å². The lowest BCUT2D eigenvalue weighted by molar-refractivity contribution is -0.118. The Balaban J connectivity index is 2.24. The Kier molecular flexibility index (Phi) is 4.24. The molecule has 1 aromatic rings. The molecule has 0 unspecified atom stereocenters. The van der Waals surface area contributed by atoms with E-state index in [2.05, 4.69) is 12.1 Å². The summed E-state index contributed by atoms with van der Waals surface area (Å²) in [5.74, 6) is 0.371. The quantitative estimate of drug-likeness (QED) is 0.674. The van der Waals surface area contributed by atoms with Crippen LogP contribution in [-0.2, 0) is 11.2 Å². The summed E-state index contributed by atoms with van der Waals surface area (Å²) in [6.45, 7) is 1.92. The van der Waals surface area contributed by atoms with E-state index in [0.29, 0.717) is 12.2 Å². The zero-order valence-corrected chi connectivity index (χ0v) is 8.12. The second kappa shape index (κ2) is 5.52. The second-order valence-corrected chi connectivity index (χ2v) is 3.23. The largest absolute Gasteiger partial charge is 0.300 e. The number of carbonyl (C=O) groups is 1. The van der Waals surface area contributed by atoms with Gasteiger partial charge in [0.1, 0.15) is 5.78 Å². The van der Waals surface area contributed by atoms with Gasteiger partial charge in [-0.1, -0.05) is 37.3 Å². The number of hydrogen-bond acceptors (Lipinski definition) is 1. The second-order valence-electron chi connectivity index (χ2n) is 3.23. The highest BCUT2D eigenvalue weighted by Gasteiger charge is 1.97. The predicted molar refractivity (Wildman–Crippen MR) is 54.7 cm³/mol. The van der Waals surface area contributed by atoms with E-state index >= 15 is 0 Å². The first-order chi connectivity index (χ1) is 6.33. The van der Waals surface area contributed by atoms with Gasteiger partial charge in [-0.15, -0.1) is 0 Å². The fourth-order valence-corrected chi connectivity index (χ4v) is 1.31. The summed E-state index contributed by atoms with van der Waals surface area (Å²) >= 11 is 0. The molecule has 0 N–H and O–H groups in total. The SMILES string of the molecule is CCC(=O)CCCc1ccccc1. The predicted octanol–water partition coefficient (Wildman–Crippen LogP) is 2.99. The molecule has 0 bridgehead atoms. The van der Waals surface area contributed by atoms with E-state index in [-0.39, 0.29) is 0 Å². The molecule has 0 aliphatic rings. The molecule has 0 spiro atoms. The number of aryl methyl sites for hydroxylation is 1. The molecule has 0 aliphatic carbocycles. The topological polar surface area (TPSA) is 17.1 Å². The van der Waals surface area contributed by atoms with Crippen molar-refractivity contribution >= 4 is 5.78 Å². The van der Waals surface area contributed by atoms with E-state index < -0.39 is 0 Å². The van der Waals surface area contributed by atoms with Crippen molar-refractivity contribution in [1.29, 1.82) is 0 Å². The third kappa shape index (κ3) is 3.88. The zero-order valence-electron chi connectivity index (χ0n) is 8.12. The number of carbonyl (C=O) groups excluding carboxylic acids is 1. The Labute approximate surface area is 79.8 Å². The van der Waals surface area contributed by atoms with Gasteiger partial charge in [-0.2, -0.15) is 0 Å². The minimum atomic E-state index is 0.371. The molecule has 1 nitrogen and oxygen atoms in total. The van der Waals surface area contributed by atoms with E-state index in [1.165, 1.54) is 5.56 Å². The smallest absolute Gasteiger partial charge is 0.132 e. The summed E-state index contributed by atoms with van der Waals surface area (Å²) < 4.78 is 0. The average Bonchev–Trinajstić information content (AvgIpc) is 2.19. The Morgan fingerprint density at radius 3 is 2.54 bits per heavy atom. The summed E-state index contributed by atoms with van der Waals surface area (Å²) in [5, 5.41) is 0. The van der Waals surface area contributed by atoms with Crippen molar-refractivity contribution in [3.63, 3.8) is 0 Å². The summed E-state index contributed by atoms with van der Waals surface area (Å²) in [5.41, 5.74) is 1.33. The normalized spacial score (nSPS) is 9.92. The van der Waals surface area contributed by atoms with Crippen molar-refractivity contribution in [3.05, 3.63) is 35.9 Å². The Bertz CT molecular complexity index is 251. The summed E-state index contributed by atoms with van der Waals surface area (Å²) in [4.78, 5) is 11.0. The van der Waals surface area contributed by atoms with Crippen LogP contribution < -0.4 is 0 Å². The van der Waals surface area contributed by atoms with Gasteiger partial charge >= 0.3 is 0 Å². The van der Waals surface area contributed by atoms with Crippen LogP contribution in [0.5, 0.6) is 0 Å². The highest BCUT2D eigenvalue weighted by atomic mass is 16.1. The molecule has 70 valence electrons. The third-order valence-corrected chi connectivity index (χ3v) is 2.16. The summed E-state index contributed by atoms with van der Waals surface area (Å²) in [7, 11) is 0. The molecule has 0 atom stereocenters. The fourth-order valence-electron chi connectivity index (χ4n) is 1.31. The van der Waals surface area contributed by atoms with Gasteiger partial charge in [-0.25, -0.2) is 0 Å². The van der Waals surface area contributed by atoms with Gasteiger partial charge in [0.15, 0.2) is 0 Å². The minimum absolute atomic E-state index is 0.371.